The fraction of sp³-hybridized carbons (Fsp3) is 0.500. The number of nitrogens with one attached hydrogen (secondary N) is 1. The van der Waals surface area contributed by atoms with Crippen LogP contribution < -0.4 is 5.32 Å². The van der Waals surface area contributed by atoms with Crippen LogP contribution in [0, 0.1) is 13.8 Å². The predicted molar refractivity (Wildman–Crippen MR) is 93.2 cm³/mol. The number of rotatable bonds is 7. The highest BCUT2D eigenvalue weighted by Gasteiger charge is 2.16. The molecule has 2 aromatic rings. The molecule has 1 heterocycles. The van der Waals surface area contributed by atoms with Crippen molar-refractivity contribution in [2.24, 2.45) is 0 Å². The third-order valence-corrected chi connectivity index (χ3v) is 4.72. The van der Waals surface area contributed by atoms with Crippen LogP contribution in [0.25, 0.3) is 5.69 Å². The van der Waals surface area contributed by atoms with Gasteiger partial charge in [-0.2, -0.15) is 4.68 Å². The number of aryl methyl sites for hydroxylation is 2. The monoisotopic (exact) mass is 349 g/mol. The van der Waals surface area contributed by atoms with E-state index < -0.39 is 10.8 Å². The third-order valence-electron chi connectivity index (χ3n) is 3.48. The van der Waals surface area contributed by atoms with E-state index in [-0.39, 0.29) is 29.9 Å². The van der Waals surface area contributed by atoms with Crippen molar-refractivity contribution in [2.45, 2.75) is 45.9 Å². The van der Waals surface area contributed by atoms with Crippen molar-refractivity contribution in [1.29, 1.82) is 0 Å². The number of amides is 1. The number of aromatic nitrogens is 4. The molecule has 0 saturated carbocycles. The molecule has 1 aromatic carbocycles. The van der Waals surface area contributed by atoms with Gasteiger partial charge in [0.15, 0.2) is 5.82 Å². The normalized spacial score (nSPS) is 12.4. The Labute approximate surface area is 144 Å². The second-order valence-corrected chi connectivity index (χ2v) is 7.58. The molecule has 0 saturated heterocycles. The van der Waals surface area contributed by atoms with Crippen molar-refractivity contribution in [3.8, 4) is 5.69 Å². The summed E-state index contributed by atoms with van der Waals surface area (Å²) in [6.07, 6.45) is 0.232. The van der Waals surface area contributed by atoms with Crippen molar-refractivity contribution in [3.05, 3.63) is 35.2 Å². The van der Waals surface area contributed by atoms with Crippen LogP contribution in [0.5, 0.6) is 0 Å². The molecular weight excluding hydrogens is 326 g/mol. The Hall–Kier alpha value is -2.09. The van der Waals surface area contributed by atoms with Crippen molar-refractivity contribution < 1.29 is 9.00 Å². The fourth-order valence-electron chi connectivity index (χ4n) is 2.43. The van der Waals surface area contributed by atoms with Gasteiger partial charge in [0.1, 0.15) is 0 Å². The number of hydrogen-bond donors (Lipinski definition) is 1. The first-order chi connectivity index (χ1) is 11.4. The minimum absolute atomic E-state index is 0.0854. The first kappa shape index (κ1) is 18.3. The molecule has 7 nitrogen and oxygen atoms in total. The number of para-hydroxylation sites is 1. The molecule has 1 amide bonds. The van der Waals surface area contributed by atoms with E-state index in [1.54, 1.807) is 4.68 Å². The molecule has 1 N–H and O–H groups in total. The van der Waals surface area contributed by atoms with E-state index in [2.05, 4.69) is 20.8 Å². The predicted octanol–water partition coefficient (Wildman–Crippen LogP) is 1.44. The van der Waals surface area contributed by atoms with E-state index in [4.69, 9.17) is 0 Å². The molecule has 2 rings (SSSR count). The lowest BCUT2D eigenvalue weighted by molar-refractivity contribution is -0.121. The van der Waals surface area contributed by atoms with Gasteiger partial charge in [0.25, 0.3) is 0 Å². The Morgan fingerprint density at radius 2 is 1.96 bits per heavy atom. The highest BCUT2D eigenvalue weighted by molar-refractivity contribution is 7.84. The zero-order valence-corrected chi connectivity index (χ0v) is 15.3. The molecule has 0 radical (unpaired) electrons. The third kappa shape index (κ3) is 4.70. The molecule has 0 unspecified atom stereocenters. The molecule has 0 fully saturated rings. The van der Waals surface area contributed by atoms with Crippen LogP contribution >= 0.6 is 0 Å². The van der Waals surface area contributed by atoms with Crippen LogP contribution in [0.4, 0.5) is 0 Å². The molecule has 1 aromatic heterocycles. The molecular formula is C16H23N5O2S. The van der Waals surface area contributed by atoms with Crippen LogP contribution in [-0.4, -0.2) is 42.1 Å². The van der Waals surface area contributed by atoms with E-state index >= 15 is 0 Å². The van der Waals surface area contributed by atoms with Gasteiger partial charge in [0.05, 0.1) is 11.4 Å². The van der Waals surface area contributed by atoms with Crippen LogP contribution in [0.1, 0.15) is 37.2 Å². The maximum Gasteiger partial charge on any atom is 0.221 e. The Morgan fingerprint density at radius 3 is 2.58 bits per heavy atom. The fourth-order valence-corrected chi connectivity index (χ4v) is 3.45. The molecule has 8 heteroatoms. The Kier molecular flexibility index (Phi) is 6.19. The van der Waals surface area contributed by atoms with Crippen molar-refractivity contribution in [2.75, 3.05) is 5.75 Å². The van der Waals surface area contributed by atoms with Gasteiger partial charge in [-0.05, 0) is 49.2 Å². The quantitative estimate of drug-likeness (QED) is 0.817. The zero-order valence-electron chi connectivity index (χ0n) is 14.4. The number of nitrogens with zero attached hydrogens (tertiary/aromatic N) is 4. The van der Waals surface area contributed by atoms with E-state index in [1.165, 1.54) is 0 Å². The summed E-state index contributed by atoms with van der Waals surface area (Å²) >= 11 is 0. The minimum atomic E-state index is -1.21. The molecule has 1 atom stereocenters. The summed E-state index contributed by atoms with van der Waals surface area (Å²) in [7, 11) is -1.21. The van der Waals surface area contributed by atoms with Crippen LogP contribution in [0.2, 0.25) is 0 Å². The van der Waals surface area contributed by atoms with Gasteiger partial charge in [-0.1, -0.05) is 18.2 Å². The Morgan fingerprint density at radius 1 is 1.29 bits per heavy atom. The summed E-state index contributed by atoms with van der Waals surface area (Å²) in [6, 6.07) is 6.04. The van der Waals surface area contributed by atoms with Crippen molar-refractivity contribution in [3.63, 3.8) is 0 Å². The number of carbonyl (C=O) groups is 1. The van der Waals surface area contributed by atoms with Gasteiger partial charge in [-0.15, -0.1) is 5.10 Å². The lowest BCUT2D eigenvalue weighted by Crippen LogP contribution is -2.31. The van der Waals surface area contributed by atoms with E-state index in [9.17, 15) is 9.00 Å². The van der Waals surface area contributed by atoms with E-state index in [0.717, 1.165) is 16.8 Å². The molecule has 0 aliphatic rings. The largest absolute Gasteiger partial charge is 0.354 e. The Balaban J connectivity index is 2.06. The van der Waals surface area contributed by atoms with E-state index in [1.807, 2.05) is 45.9 Å². The topological polar surface area (TPSA) is 89.8 Å². The zero-order chi connectivity index (χ0) is 17.7. The number of hydrogen-bond acceptors (Lipinski definition) is 5. The second kappa shape index (κ2) is 8.14. The first-order valence-corrected chi connectivity index (χ1v) is 9.35. The van der Waals surface area contributed by atoms with Gasteiger partial charge >= 0.3 is 0 Å². The highest BCUT2D eigenvalue weighted by Crippen LogP contribution is 2.19. The average molecular weight is 349 g/mol. The lowest BCUT2D eigenvalue weighted by atomic mass is 10.1. The van der Waals surface area contributed by atoms with Gasteiger partial charge in [-0.3, -0.25) is 9.00 Å². The second-order valence-electron chi connectivity index (χ2n) is 6.01. The SMILES string of the molecule is Cc1cccc(C)c1-n1nnnc1C[S@](=O)CCC(=O)NC(C)C. The molecule has 0 bridgehead atoms. The van der Waals surface area contributed by atoms with Crippen LogP contribution in [0.15, 0.2) is 18.2 Å². The van der Waals surface area contributed by atoms with Gasteiger partial charge in [0, 0.05) is 29.0 Å². The van der Waals surface area contributed by atoms with Gasteiger partial charge in [-0.25, -0.2) is 0 Å². The number of tetrazole rings is 1. The molecule has 130 valence electrons. The lowest BCUT2D eigenvalue weighted by Gasteiger charge is -2.11. The summed E-state index contributed by atoms with van der Waals surface area (Å²) in [5.74, 6) is 0.955. The smallest absolute Gasteiger partial charge is 0.221 e. The number of benzene rings is 1. The summed E-state index contributed by atoms with van der Waals surface area (Å²) in [4.78, 5) is 11.6. The van der Waals surface area contributed by atoms with Crippen LogP contribution in [-0.2, 0) is 21.3 Å². The molecule has 0 aliphatic carbocycles. The number of carbonyl (C=O) groups excluding carboxylic acids is 1. The van der Waals surface area contributed by atoms with Gasteiger partial charge < -0.3 is 5.32 Å². The minimum Gasteiger partial charge on any atom is -0.354 e. The van der Waals surface area contributed by atoms with Crippen LogP contribution in [0.3, 0.4) is 0 Å². The molecule has 0 spiro atoms. The molecule has 24 heavy (non-hydrogen) atoms. The maximum absolute atomic E-state index is 12.3. The highest BCUT2D eigenvalue weighted by atomic mass is 32.2. The van der Waals surface area contributed by atoms with Gasteiger partial charge in [0.2, 0.25) is 5.91 Å². The summed E-state index contributed by atoms with van der Waals surface area (Å²) < 4.78 is 13.9. The van der Waals surface area contributed by atoms with E-state index in [0.29, 0.717) is 5.82 Å². The summed E-state index contributed by atoms with van der Waals surface area (Å²) in [5.41, 5.74) is 3.00. The molecule has 0 aliphatic heterocycles. The Bertz CT molecular complexity index is 722. The van der Waals surface area contributed by atoms with Crippen molar-refractivity contribution >= 4 is 16.7 Å². The van der Waals surface area contributed by atoms with Crippen molar-refractivity contribution in [1.82, 2.24) is 25.5 Å². The average Bonchev–Trinajstić information content (AvgIpc) is 2.92. The first-order valence-electron chi connectivity index (χ1n) is 7.86. The summed E-state index contributed by atoms with van der Waals surface area (Å²) in [5, 5.41) is 14.5. The maximum atomic E-state index is 12.3. The summed E-state index contributed by atoms with van der Waals surface area (Å²) in [6.45, 7) is 7.77. The standard InChI is InChI=1S/C16H23N5O2S/c1-11(2)17-15(22)8-9-24(23)10-14-18-19-20-21(14)16-12(3)6-5-7-13(16)4/h5-7,11H,8-10H2,1-4H3,(H,17,22)/t24-/m1/s1.